The first-order valence-corrected chi connectivity index (χ1v) is 24.9. The molecule has 0 heterocycles. The van der Waals surface area contributed by atoms with Gasteiger partial charge >= 0.3 is 37.9 Å². The Morgan fingerprint density at radius 1 is 0.543 bits per heavy atom. The molecule has 6 rings (SSSR count). The van der Waals surface area contributed by atoms with E-state index < -0.39 is 20.8 Å². The number of fused-ring (bicyclic) bond motifs is 2. The molecule has 0 aliphatic rings. The van der Waals surface area contributed by atoms with Crippen LogP contribution >= 0.6 is 17.0 Å². The molecule has 4 heteroatoms. The minimum atomic E-state index is -0.826. The molecule has 0 amide bonds. The van der Waals surface area contributed by atoms with Gasteiger partial charge in [0, 0.05) is 9.52 Å². The van der Waals surface area contributed by atoms with Gasteiger partial charge in [0.1, 0.15) is 0 Å². The second-order valence-electron chi connectivity index (χ2n) is 11.4. The summed E-state index contributed by atoms with van der Waals surface area (Å²) in [5.41, 5.74) is 11.3. The number of hydrogen-bond donors (Lipinski definition) is 0. The van der Waals surface area contributed by atoms with E-state index in [1.807, 2.05) is 0 Å². The second-order valence-corrected chi connectivity index (χ2v) is 16.2. The Kier molecular flexibility index (Phi) is 17.4. The third-order valence-electron chi connectivity index (χ3n) is 8.08. The number of rotatable bonds is 8. The summed E-state index contributed by atoms with van der Waals surface area (Å²) in [7, 11) is 11.0. The SMILES string of the molecule is CCCc1cc2c(-c3ccccc3CC)cccc2[cH-]1.CCCc1cc2c(-c3ccccc3CC)cccc2[cH-]1.C[Si]C.[Cl][Zr+2][Cl]. The van der Waals surface area contributed by atoms with Crippen molar-refractivity contribution in [2.75, 3.05) is 0 Å². The molecule has 0 bridgehead atoms. The van der Waals surface area contributed by atoms with Crippen molar-refractivity contribution in [3.8, 4) is 22.3 Å². The summed E-state index contributed by atoms with van der Waals surface area (Å²) >= 11 is -0.826. The van der Waals surface area contributed by atoms with E-state index in [4.69, 9.17) is 17.0 Å². The van der Waals surface area contributed by atoms with E-state index in [-0.39, 0.29) is 0 Å². The van der Waals surface area contributed by atoms with Gasteiger partial charge in [0.25, 0.3) is 0 Å². The van der Waals surface area contributed by atoms with Gasteiger partial charge in [-0.15, -0.1) is 69.1 Å². The molecule has 0 nitrogen and oxygen atoms in total. The molecular formula is C42H48Cl2SiZr. The Balaban J connectivity index is 0.000000214. The molecule has 0 fully saturated rings. The number of hydrogen-bond acceptors (Lipinski definition) is 0. The van der Waals surface area contributed by atoms with Crippen molar-refractivity contribution in [1.29, 1.82) is 0 Å². The van der Waals surface area contributed by atoms with Crippen LogP contribution in [0.15, 0.2) is 109 Å². The Morgan fingerprint density at radius 2 is 0.891 bits per heavy atom. The first-order valence-electron chi connectivity index (χ1n) is 16.6. The van der Waals surface area contributed by atoms with Crippen LogP contribution in [-0.4, -0.2) is 9.52 Å². The molecule has 0 saturated heterocycles. The summed E-state index contributed by atoms with van der Waals surface area (Å²) in [6, 6.07) is 40.3. The van der Waals surface area contributed by atoms with Gasteiger partial charge in [-0.25, -0.2) is 0 Å². The predicted octanol–water partition coefficient (Wildman–Crippen LogP) is 13.6. The maximum atomic E-state index is 4.93. The average Bonchev–Trinajstić information content (AvgIpc) is 3.69. The summed E-state index contributed by atoms with van der Waals surface area (Å²) in [5.74, 6) is 0. The molecule has 0 saturated carbocycles. The van der Waals surface area contributed by atoms with Crippen LogP contribution in [0.25, 0.3) is 43.8 Å². The first kappa shape index (κ1) is 38.2. The van der Waals surface area contributed by atoms with Crippen LogP contribution in [0.4, 0.5) is 0 Å². The summed E-state index contributed by atoms with van der Waals surface area (Å²) < 4.78 is 0. The van der Waals surface area contributed by atoms with E-state index >= 15 is 0 Å². The van der Waals surface area contributed by atoms with Crippen LogP contribution in [-0.2, 0) is 46.5 Å². The Labute approximate surface area is 299 Å². The third-order valence-corrected chi connectivity index (χ3v) is 8.08. The van der Waals surface area contributed by atoms with E-state index in [9.17, 15) is 0 Å². The van der Waals surface area contributed by atoms with Crippen molar-refractivity contribution in [2.45, 2.75) is 79.3 Å². The van der Waals surface area contributed by atoms with Gasteiger partial charge in [0.15, 0.2) is 0 Å². The fraction of sp³-hybridized carbons (Fsp3) is 0.286. The quantitative estimate of drug-likeness (QED) is 0.108. The van der Waals surface area contributed by atoms with Crippen LogP contribution in [0.1, 0.15) is 62.8 Å². The van der Waals surface area contributed by atoms with Crippen molar-refractivity contribution in [3.05, 3.63) is 131 Å². The molecule has 0 atom stereocenters. The summed E-state index contributed by atoms with van der Waals surface area (Å²) in [5, 5.41) is 5.54. The molecule has 0 aliphatic carbocycles. The van der Waals surface area contributed by atoms with Crippen molar-refractivity contribution in [2.24, 2.45) is 0 Å². The maximum absolute atomic E-state index is 4.93. The van der Waals surface area contributed by atoms with Crippen molar-refractivity contribution < 1.29 is 20.8 Å². The van der Waals surface area contributed by atoms with Crippen LogP contribution in [0.2, 0.25) is 13.1 Å². The molecule has 46 heavy (non-hydrogen) atoms. The molecule has 238 valence electrons. The monoisotopic (exact) mass is 740 g/mol. The molecule has 2 radical (unpaired) electrons. The van der Waals surface area contributed by atoms with E-state index in [0.717, 1.165) is 22.4 Å². The molecule has 0 unspecified atom stereocenters. The van der Waals surface area contributed by atoms with Gasteiger partial charge in [0.2, 0.25) is 0 Å². The minimum absolute atomic E-state index is 0.826. The van der Waals surface area contributed by atoms with Gasteiger partial charge < -0.3 is 0 Å². The Morgan fingerprint density at radius 3 is 1.24 bits per heavy atom. The van der Waals surface area contributed by atoms with Crippen LogP contribution in [0, 0.1) is 0 Å². The third kappa shape index (κ3) is 10.4. The second kappa shape index (κ2) is 20.9. The number of benzene rings is 4. The average molecular weight is 743 g/mol. The van der Waals surface area contributed by atoms with Crippen molar-refractivity contribution in [1.82, 2.24) is 0 Å². The molecule has 0 aliphatic heterocycles. The zero-order chi connectivity index (χ0) is 33.3. The molecule has 0 spiro atoms. The molecular weight excluding hydrogens is 695 g/mol. The van der Waals surface area contributed by atoms with E-state index in [0.29, 0.717) is 0 Å². The fourth-order valence-electron chi connectivity index (χ4n) is 6.11. The normalized spacial score (nSPS) is 10.3. The van der Waals surface area contributed by atoms with Gasteiger partial charge in [-0.1, -0.05) is 125 Å². The topological polar surface area (TPSA) is 0 Å². The van der Waals surface area contributed by atoms with E-state index in [1.54, 1.807) is 0 Å². The molecule has 6 aromatic carbocycles. The van der Waals surface area contributed by atoms with Crippen LogP contribution in [0.3, 0.4) is 0 Å². The van der Waals surface area contributed by atoms with Gasteiger partial charge in [-0.05, 0) is 47.9 Å². The summed E-state index contributed by atoms with van der Waals surface area (Å²) in [6.45, 7) is 13.2. The van der Waals surface area contributed by atoms with Crippen LogP contribution < -0.4 is 0 Å². The Hall–Kier alpha value is -2.22. The van der Waals surface area contributed by atoms with Gasteiger partial charge in [-0.3, -0.25) is 0 Å². The van der Waals surface area contributed by atoms with E-state index in [1.165, 1.54) is 91.7 Å². The van der Waals surface area contributed by atoms with Crippen molar-refractivity contribution in [3.63, 3.8) is 0 Å². The van der Waals surface area contributed by atoms with Crippen molar-refractivity contribution >= 4 is 48.1 Å². The number of aryl methyl sites for hydroxylation is 4. The first-order chi connectivity index (χ1) is 22.5. The summed E-state index contributed by atoms with van der Waals surface area (Å²) in [6.07, 6.45) is 6.91. The van der Waals surface area contributed by atoms with E-state index in [2.05, 4.69) is 150 Å². The molecule has 0 aromatic heterocycles. The zero-order valence-electron chi connectivity index (χ0n) is 28.4. The fourth-order valence-corrected chi connectivity index (χ4v) is 6.11. The number of halogens is 2. The van der Waals surface area contributed by atoms with Gasteiger partial charge in [0.05, 0.1) is 0 Å². The molecule has 0 N–H and O–H groups in total. The van der Waals surface area contributed by atoms with Gasteiger partial charge in [-0.2, -0.15) is 12.1 Å². The van der Waals surface area contributed by atoms with Crippen LogP contribution in [0.5, 0.6) is 0 Å². The zero-order valence-corrected chi connectivity index (χ0v) is 33.4. The molecule has 6 aromatic rings. The Bertz CT molecular complexity index is 1620. The summed E-state index contributed by atoms with van der Waals surface area (Å²) in [4.78, 5) is 0. The predicted molar refractivity (Wildman–Crippen MR) is 206 cm³/mol. The standard InChI is InChI=1S/2C20H21.C2H6Si.2ClH.Zr/c2*1-3-8-15-13-17-10-7-12-19(20(17)14-15)18-11-6-5-9-16(18)4-2;1-3-2;;;/h2*5-7,9-14H,3-4,8H2,1-2H3;1-2H3;2*1H;/q2*-1;;;;+4/p-2.